The van der Waals surface area contributed by atoms with Crippen molar-refractivity contribution in [3.05, 3.63) is 41.6 Å². The van der Waals surface area contributed by atoms with Crippen LogP contribution in [0.25, 0.3) is 20.3 Å². The summed E-state index contributed by atoms with van der Waals surface area (Å²) in [6, 6.07) is 8.84. The van der Waals surface area contributed by atoms with E-state index in [9.17, 15) is 0 Å². The van der Waals surface area contributed by atoms with Gasteiger partial charge in [-0.3, -0.25) is 0 Å². The molecule has 1 nitrogen and oxygen atoms in total. The Bertz CT molecular complexity index is 732. The van der Waals surface area contributed by atoms with E-state index in [1.54, 1.807) is 11.3 Å². The lowest BCUT2D eigenvalue weighted by atomic mass is 9.84. The van der Waals surface area contributed by atoms with E-state index in [0.717, 1.165) is 4.83 Å². The highest BCUT2D eigenvalue weighted by atomic mass is 32.1. The molecule has 0 fully saturated rings. The van der Waals surface area contributed by atoms with E-state index in [4.69, 9.17) is 0 Å². The quantitative estimate of drug-likeness (QED) is 0.547. The number of nitrogens with zero attached hydrogens (tertiary/aromatic N) is 1. The van der Waals surface area contributed by atoms with E-state index in [-0.39, 0.29) is 5.41 Å². The van der Waals surface area contributed by atoms with Gasteiger partial charge in [0.15, 0.2) is 0 Å². The maximum absolute atomic E-state index is 4.46. The van der Waals surface area contributed by atoms with Gasteiger partial charge in [-0.2, -0.15) is 0 Å². The summed E-state index contributed by atoms with van der Waals surface area (Å²) >= 11 is 1.79. The Morgan fingerprint density at radius 3 is 2.61 bits per heavy atom. The Balaban J connectivity index is 2.40. The number of aromatic nitrogens is 1. The zero-order valence-corrected chi connectivity index (χ0v) is 12.1. The maximum Gasteiger partial charge on any atom is 0.124 e. The van der Waals surface area contributed by atoms with Gasteiger partial charge in [0.05, 0.1) is 0 Å². The summed E-state index contributed by atoms with van der Waals surface area (Å²) in [5.74, 6) is 0. The minimum atomic E-state index is 0.196. The van der Waals surface area contributed by atoms with E-state index in [0.29, 0.717) is 0 Å². The largest absolute Gasteiger partial charge is 0.245 e. The zero-order valence-electron chi connectivity index (χ0n) is 11.2. The summed E-state index contributed by atoms with van der Waals surface area (Å²) < 4.78 is 1.35. The topological polar surface area (TPSA) is 12.9 Å². The smallest absolute Gasteiger partial charge is 0.124 e. The van der Waals surface area contributed by atoms with Crippen LogP contribution < -0.4 is 0 Å². The summed E-state index contributed by atoms with van der Waals surface area (Å²) in [5.41, 5.74) is 3.00. The Morgan fingerprint density at radius 2 is 1.89 bits per heavy atom. The van der Waals surface area contributed by atoms with Gasteiger partial charge in [-0.25, -0.2) is 4.98 Å². The van der Waals surface area contributed by atoms with Crippen molar-refractivity contribution in [3.8, 4) is 0 Å². The summed E-state index contributed by atoms with van der Waals surface area (Å²) in [6.07, 6.45) is 1.87. The van der Waals surface area contributed by atoms with Crippen LogP contribution in [0.15, 0.2) is 30.5 Å². The van der Waals surface area contributed by atoms with Crippen LogP contribution in [0, 0.1) is 6.92 Å². The summed E-state index contributed by atoms with van der Waals surface area (Å²) in [4.78, 5) is 5.60. The second-order valence-electron chi connectivity index (χ2n) is 5.87. The predicted octanol–water partition coefficient (Wildman–Crippen LogP) is 5.06. The second kappa shape index (κ2) is 3.79. The van der Waals surface area contributed by atoms with Crippen LogP contribution in [0.2, 0.25) is 0 Å². The average molecular weight is 255 g/mol. The maximum atomic E-state index is 4.46. The van der Waals surface area contributed by atoms with Crippen molar-refractivity contribution in [3.63, 3.8) is 0 Å². The first-order chi connectivity index (χ1) is 8.47. The van der Waals surface area contributed by atoms with Crippen molar-refractivity contribution in [1.29, 1.82) is 0 Å². The molecule has 3 aromatic rings. The Kier molecular flexibility index (Phi) is 2.46. The van der Waals surface area contributed by atoms with Gasteiger partial charge in [-0.05, 0) is 47.7 Å². The molecule has 0 amide bonds. The molecule has 0 N–H and O–H groups in total. The van der Waals surface area contributed by atoms with Crippen molar-refractivity contribution in [2.75, 3.05) is 0 Å². The molecule has 0 saturated carbocycles. The third kappa shape index (κ3) is 1.72. The van der Waals surface area contributed by atoms with Gasteiger partial charge in [0.1, 0.15) is 4.83 Å². The highest BCUT2D eigenvalue weighted by molar-refractivity contribution is 7.25. The molecular weight excluding hydrogens is 238 g/mol. The molecule has 2 heteroatoms. The lowest BCUT2D eigenvalue weighted by Gasteiger charge is -2.21. The second-order valence-corrected chi connectivity index (χ2v) is 6.90. The SMILES string of the molecule is Cc1cc2c(cc1C(C)(C)C)sc1ncccc12. The number of aryl methyl sites for hydroxylation is 1. The number of thiophene rings is 1. The fourth-order valence-electron chi connectivity index (χ4n) is 2.57. The van der Waals surface area contributed by atoms with E-state index in [1.165, 1.54) is 26.6 Å². The molecular formula is C16H17NS. The molecule has 0 saturated heterocycles. The van der Waals surface area contributed by atoms with Gasteiger partial charge >= 0.3 is 0 Å². The fraction of sp³-hybridized carbons (Fsp3) is 0.312. The molecule has 0 atom stereocenters. The highest BCUT2D eigenvalue weighted by Gasteiger charge is 2.18. The average Bonchev–Trinajstić information content (AvgIpc) is 2.65. The molecule has 0 aliphatic heterocycles. The minimum Gasteiger partial charge on any atom is -0.245 e. The van der Waals surface area contributed by atoms with Gasteiger partial charge in [0, 0.05) is 21.7 Å². The van der Waals surface area contributed by atoms with Crippen molar-refractivity contribution in [1.82, 2.24) is 4.98 Å². The first-order valence-corrected chi connectivity index (χ1v) is 7.07. The van der Waals surface area contributed by atoms with E-state index in [2.05, 4.69) is 50.9 Å². The predicted molar refractivity (Wildman–Crippen MR) is 80.6 cm³/mol. The third-order valence-corrected chi connectivity index (χ3v) is 4.48. The highest BCUT2D eigenvalue weighted by Crippen LogP contribution is 2.37. The number of fused-ring (bicyclic) bond motifs is 3. The zero-order chi connectivity index (χ0) is 12.9. The normalized spacial score (nSPS) is 12.4. The van der Waals surface area contributed by atoms with Gasteiger partial charge < -0.3 is 0 Å². The standard InChI is InChI=1S/C16H17NS/c1-10-8-12-11-6-5-7-17-15(11)18-14(12)9-13(10)16(2,3)4/h5-9H,1-4H3. The van der Waals surface area contributed by atoms with Gasteiger partial charge in [-0.15, -0.1) is 11.3 Å². The van der Waals surface area contributed by atoms with Crippen LogP contribution in [0.3, 0.4) is 0 Å². The molecule has 3 rings (SSSR count). The van der Waals surface area contributed by atoms with Crippen molar-refractivity contribution in [2.24, 2.45) is 0 Å². The monoisotopic (exact) mass is 255 g/mol. The fourth-order valence-corrected chi connectivity index (χ4v) is 3.64. The lowest BCUT2D eigenvalue weighted by molar-refractivity contribution is 0.587. The molecule has 2 aromatic heterocycles. The molecule has 1 aromatic carbocycles. The van der Waals surface area contributed by atoms with Gasteiger partial charge in [0.2, 0.25) is 0 Å². The van der Waals surface area contributed by atoms with E-state index in [1.807, 2.05) is 12.3 Å². The summed E-state index contributed by atoms with van der Waals surface area (Å²) in [5, 5.41) is 2.62. The van der Waals surface area contributed by atoms with Gasteiger partial charge in [0.25, 0.3) is 0 Å². The molecule has 92 valence electrons. The molecule has 2 heterocycles. The third-order valence-electron chi connectivity index (χ3n) is 3.40. The summed E-state index contributed by atoms with van der Waals surface area (Å²) in [6.45, 7) is 9.02. The first-order valence-electron chi connectivity index (χ1n) is 6.25. The van der Waals surface area contributed by atoms with Crippen LogP contribution >= 0.6 is 11.3 Å². The first kappa shape index (κ1) is 11.7. The number of pyridine rings is 1. The van der Waals surface area contributed by atoms with Crippen LogP contribution in [0.1, 0.15) is 31.9 Å². The molecule has 0 bridgehead atoms. The molecule has 0 unspecified atom stereocenters. The minimum absolute atomic E-state index is 0.196. The van der Waals surface area contributed by atoms with Crippen molar-refractivity contribution < 1.29 is 0 Å². The molecule has 0 spiro atoms. The van der Waals surface area contributed by atoms with Crippen LogP contribution in [-0.2, 0) is 5.41 Å². The van der Waals surface area contributed by atoms with E-state index >= 15 is 0 Å². The van der Waals surface area contributed by atoms with Crippen molar-refractivity contribution >= 4 is 31.6 Å². The molecule has 0 radical (unpaired) electrons. The number of hydrogen-bond donors (Lipinski definition) is 0. The molecule has 0 aliphatic carbocycles. The Morgan fingerprint density at radius 1 is 1.11 bits per heavy atom. The Hall–Kier alpha value is -1.41. The lowest BCUT2D eigenvalue weighted by Crippen LogP contribution is -2.12. The van der Waals surface area contributed by atoms with Crippen LogP contribution in [-0.4, -0.2) is 4.98 Å². The Labute approximate surface area is 111 Å². The van der Waals surface area contributed by atoms with Crippen LogP contribution in [0.5, 0.6) is 0 Å². The van der Waals surface area contributed by atoms with E-state index < -0.39 is 0 Å². The van der Waals surface area contributed by atoms with Gasteiger partial charge in [-0.1, -0.05) is 20.8 Å². The molecule has 18 heavy (non-hydrogen) atoms. The van der Waals surface area contributed by atoms with Crippen LogP contribution in [0.4, 0.5) is 0 Å². The van der Waals surface area contributed by atoms with Crippen molar-refractivity contribution in [2.45, 2.75) is 33.1 Å². The number of rotatable bonds is 0. The summed E-state index contributed by atoms with van der Waals surface area (Å²) in [7, 11) is 0. The molecule has 0 aliphatic rings. The number of hydrogen-bond acceptors (Lipinski definition) is 2. The number of benzene rings is 1.